The average Bonchev–Trinajstić information content (AvgIpc) is 2.87. The molecule has 0 amide bonds. The van der Waals surface area contributed by atoms with Crippen molar-refractivity contribution in [2.45, 2.75) is 67.9 Å². The maximum Gasteiger partial charge on any atom is 0.341 e. The summed E-state index contributed by atoms with van der Waals surface area (Å²) in [4.78, 5) is 30.9. The molecule has 2 aromatic carbocycles. The van der Waals surface area contributed by atoms with E-state index in [-0.39, 0.29) is 28.0 Å². The van der Waals surface area contributed by atoms with Gasteiger partial charge >= 0.3 is 11.9 Å². The third-order valence-electron chi connectivity index (χ3n) is 6.14. The van der Waals surface area contributed by atoms with Crippen molar-refractivity contribution >= 4 is 23.5 Å². The third kappa shape index (κ3) is 8.94. The Bertz CT molecular complexity index is 1660. The smallest absolute Gasteiger partial charge is 0.341 e. The summed E-state index contributed by atoms with van der Waals surface area (Å²) in [5, 5.41) is 18.7. The van der Waals surface area contributed by atoms with Crippen LogP contribution in [0.5, 0.6) is 29.1 Å². The van der Waals surface area contributed by atoms with Gasteiger partial charge in [-0.15, -0.1) is 0 Å². The molecule has 0 unspecified atom stereocenters. The maximum atomic E-state index is 11.5. The van der Waals surface area contributed by atoms with E-state index in [1.54, 1.807) is 0 Å². The Morgan fingerprint density at radius 3 is 1.43 bits per heavy atom. The zero-order valence-corrected chi connectivity index (χ0v) is 27.1. The number of pyridine rings is 2. The molecule has 0 aliphatic rings. The van der Waals surface area contributed by atoms with Crippen LogP contribution in [0.3, 0.4) is 0 Å². The number of benzene rings is 2. The van der Waals surface area contributed by atoms with Gasteiger partial charge < -0.3 is 24.4 Å². The summed E-state index contributed by atoms with van der Waals surface area (Å²) in [6.45, 7) is 17.3. The van der Waals surface area contributed by atoms with Gasteiger partial charge in [0.1, 0.15) is 33.4 Å². The number of carbonyl (C=O) groups is 2. The van der Waals surface area contributed by atoms with E-state index < -0.39 is 17.5 Å². The second-order valence-corrected chi connectivity index (χ2v) is 11.9. The van der Waals surface area contributed by atoms with Crippen LogP contribution in [0.15, 0.2) is 48.5 Å². The molecule has 0 saturated carbocycles. The monoisotopic (exact) mass is 620 g/mol. The number of rotatable bonds is 7. The van der Waals surface area contributed by atoms with Crippen LogP contribution in [0.4, 0.5) is 0 Å². The summed E-state index contributed by atoms with van der Waals surface area (Å²) in [7, 11) is 0. The highest BCUT2D eigenvalue weighted by Gasteiger charge is 2.20. The summed E-state index contributed by atoms with van der Waals surface area (Å²) in [6, 6.07) is 13.7. The molecule has 232 valence electrons. The molecule has 2 heterocycles. The van der Waals surface area contributed by atoms with E-state index in [1.165, 1.54) is 24.3 Å². The van der Waals surface area contributed by atoms with Crippen molar-refractivity contribution in [3.63, 3.8) is 0 Å². The molecular formula is C34H37ClN2O7. The highest BCUT2D eigenvalue weighted by atomic mass is 35.5. The summed E-state index contributed by atoms with van der Waals surface area (Å²) < 4.78 is 17.3. The summed E-state index contributed by atoms with van der Waals surface area (Å²) in [6.07, 6.45) is 0. The number of hydrogen-bond acceptors (Lipinski definition) is 7. The Morgan fingerprint density at radius 1 is 0.659 bits per heavy atom. The molecule has 2 aromatic heterocycles. The van der Waals surface area contributed by atoms with Crippen molar-refractivity contribution in [1.29, 1.82) is 0 Å². The number of hydrogen-bond donors (Lipinski definition) is 2. The third-order valence-corrected chi connectivity index (χ3v) is 6.35. The molecule has 44 heavy (non-hydrogen) atoms. The van der Waals surface area contributed by atoms with Crippen molar-refractivity contribution in [3.05, 3.63) is 98.2 Å². The number of aromatic carboxylic acids is 2. The minimum Gasteiger partial charge on any atom is -0.477 e. The first-order valence-corrected chi connectivity index (χ1v) is 14.2. The Balaban J connectivity index is 0.000000244. The molecule has 0 aliphatic carbocycles. The fourth-order valence-corrected chi connectivity index (χ4v) is 4.68. The van der Waals surface area contributed by atoms with Gasteiger partial charge in [-0.1, -0.05) is 47.0 Å². The number of carboxylic acid groups (broad SMARTS) is 2. The molecule has 0 bridgehead atoms. The number of nitrogens with zero attached hydrogens (tertiary/aromatic N) is 2. The van der Waals surface area contributed by atoms with E-state index in [0.717, 1.165) is 33.4 Å². The van der Waals surface area contributed by atoms with Crippen molar-refractivity contribution in [1.82, 2.24) is 9.97 Å². The Hall–Kier alpha value is -4.63. The zero-order valence-electron chi connectivity index (χ0n) is 26.3. The van der Waals surface area contributed by atoms with Gasteiger partial charge in [-0.2, -0.15) is 4.98 Å². The molecule has 4 aromatic rings. The molecule has 0 radical (unpaired) electrons. The van der Waals surface area contributed by atoms with Gasteiger partial charge in [-0.3, -0.25) is 0 Å². The lowest BCUT2D eigenvalue weighted by molar-refractivity contribution is 0.0681. The van der Waals surface area contributed by atoms with E-state index in [0.29, 0.717) is 17.4 Å². The van der Waals surface area contributed by atoms with E-state index in [1.807, 2.05) is 86.6 Å². The highest BCUT2D eigenvalue weighted by molar-refractivity contribution is 6.29. The molecule has 0 fully saturated rings. The molecule has 0 atom stereocenters. The predicted molar refractivity (Wildman–Crippen MR) is 169 cm³/mol. The second kappa shape index (κ2) is 13.8. The van der Waals surface area contributed by atoms with E-state index in [4.69, 9.17) is 30.9 Å². The highest BCUT2D eigenvalue weighted by Crippen LogP contribution is 2.33. The first-order chi connectivity index (χ1) is 20.4. The number of halogens is 1. The number of ether oxygens (including phenoxy) is 3. The van der Waals surface area contributed by atoms with Crippen LogP contribution >= 0.6 is 11.6 Å². The van der Waals surface area contributed by atoms with Crippen LogP contribution in [-0.2, 0) is 0 Å². The van der Waals surface area contributed by atoms with Crippen molar-refractivity contribution in [2.75, 3.05) is 0 Å². The van der Waals surface area contributed by atoms with Gasteiger partial charge in [0.2, 0.25) is 17.6 Å². The molecular weight excluding hydrogens is 584 g/mol. The van der Waals surface area contributed by atoms with Crippen molar-refractivity contribution in [2.24, 2.45) is 0 Å². The minimum absolute atomic E-state index is 0.0000491. The van der Waals surface area contributed by atoms with Gasteiger partial charge in [-0.25, -0.2) is 14.6 Å². The summed E-state index contributed by atoms with van der Waals surface area (Å²) >= 11 is 5.81. The molecule has 4 rings (SSSR count). The fraction of sp³-hybridized carbons (Fsp3) is 0.294. The van der Waals surface area contributed by atoms with E-state index in [2.05, 4.69) is 9.97 Å². The molecule has 10 heteroatoms. The first-order valence-electron chi connectivity index (χ1n) is 13.8. The quantitative estimate of drug-likeness (QED) is 0.195. The molecule has 2 N–H and O–H groups in total. The van der Waals surface area contributed by atoms with Gasteiger partial charge in [0, 0.05) is 6.07 Å². The number of aromatic nitrogens is 2. The first kappa shape index (κ1) is 33.9. The number of carboxylic acids is 2. The molecule has 9 nitrogen and oxygen atoms in total. The topological polar surface area (TPSA) is 128 Å². The fourth-order valence-electron chi connectivity index (χ4n) is 4.54. The average molecular weight is 621 g/mol. The lowest BCUT2D eigenvalue weighted by atomic mass is 10.1. The van der Waals surface area contributed by atoms with Gasteiger partial charge in [-0.05, 0) is 103 Å². The number of aryl methyl sites for hydroxylation is 6. The zero-order chi connectivity index (χ0) is 32.9. The lowest BCUT2D eigenvalue weighted by Crippen LogP contribution is -2.23. The van der Waals surface area contributed by atoms with Crippen LogP contribution < -0.4 is 14.2 Å². The minimum atomic E-state index is -1.11. The largest absolute Gasteiger partial charge is 0.477 e. The molecule has 0 aliphatic heterocycles. The molecule has 0 saturated heterocycles. The van der Waals surface area contributed by atoms with Crippen LogP contribution in [0.2, 0.25) is 5.15 Å². The van der Waals surface area contributed by atoms with Gasteiger partial charge in [0.25, 0.3) is 0 Å². The van der Waals surface area contributed by atoms with Crippen LogP contribution in [-0.4, -0.2) is 37.7 Å². The van der Waals surface area contributed by atoms with E-state index >= 15 is 0 Å². The van der Waals surface area contributed by atoms with Crippen LogP contribution in [0.25, 0.3) is 0 Å². The SMILES string of the molecule is Cc1cc(C)c(Oc2nc(Cl)ccc2C(=O)O)c(C)c1.Cc1cc(C)c(Oc2nc(OC(C)(C)C)ccc2C(=O)O)c(C)c1. The van der Waals surface area contributed by atoms with Crippen molar-refractivity contribution < 1.29 is 34.0 Å². The summed E-state index contributed by atoms with van der Waals surface area (Å²) in [5.41, 5.74) is 5.45. The maximum absolute atomic E-state index is 11.5. The van der Waals surface area contributed by atoms with Gasteiger partial charge in [0.15, 0.2) is 0 Å². The van der Waals surface area contributed by atoms with Crippen molar-refractivity contribution in [3.8, 4) is 29.1 Å². The van der Waals surface area contributed by atoms with Gasteiger partial charge in [0.05, 0.1) is 0 Å². The Morgan fingerprint density at radius 2 is 1.05 bits per heavy atom. The standard InChI is InChI=1S/C19H23NO4.C15H14ClNO3/c1-11-9-12(2)16(13(3)10-11)23-17-14(18(21)22)7-8-15(20-17)24-19(4,5)6;1-8-6-9(2)13(10(3)7-8)20-14-11(15(18)19)4-5-12(16)17-14/h7-10H,1-6H3,(H,21,22);4-7H,1-3H3,(H,18,19). The van der Waals surface area contributed by atoms with E-state index in [9.17, 15) is 14.7 Å². The normalized spacial score (nSPS) is 10.9. The summed E-state index contributed by atoms with van der Waals surface area (Å²) in [5.74, 6) is -0.630. The van der Waals surface area contributed by atoms with Crippen LogP contribution in [0, 0.1) is 41.5 Å². The Kier molecular flexibility index (Phi) is 10.6. The Labute approximate surface area is 262 Å². The molecule has 0 spiro atoms. The predicted octanol–water partition coefficient (Wildman–Crippen LogP) is 8.83. The second-order valence-electron chi connectivity index (χ2n) is 11.5. The lowest BCUT2D eigenvalue weighted by Gasteiger charge is -2.21. The van der Waals surface area contributed by atoms with Crippen LogP contribution in [0.1, 0.15) is 74.9 Å².